The number of aromatic nitrogens is 3. The highest BCUT2D eigenvalue weighted by molar-refractivity contribution is 7.16. The van der Waals surface area contributed by atoms with Gasteiger partial charge in [0, 0.05) is 36.6 Å². The van der Waals surface area contributed by atoms with Gasteiger partial charge in [0.2, 0.25) is 5.91 Å². The Morgan fingerprint density at radius 3 is 2.56 bits per heavy atom. The summed E-state index contributed by atoms with van der Waals surface area (Å²) in [5.41, 5.74) is 0.812. The lowest BCUT2D eigenvalue weighted by atomic mass is 9.83. The molecule has 0 radical (unpaired) electrons. The van der Waals surface area contributed by atoms with Crippen LogP contribution in [0.2, 0.25) is 0 Å². The molecule has 4 fully saturated rings. The van der Waals surface area contributed by atoms with E-state index in [2.05, 4.69) is 20.3 Å². The zero-order valence-electron chi connectivity index (χ0n) is 19.8. The first-order chi connectivity index (χ1) is 17.5. The van der Waals surface area contributed by atoms with Crippen LogP contribution in [0.15, 0.2) is 18.6 Å². The van der Waals surface area contributed by atoms with Gasteiger partial charge in [0.25, 0.3) is 5.91 Å². The minimum atomic E-state index is -0.734. The number of hydrogen-bond donors (Lipinski definition) is 1. The number of rotatable bonds is 6. The molecule has 2 amide bonds. The molecular formula is C25H28ClN5O4S. The number of nitrogens with one attached hydrogen (secondary N) is 1. The van der Waals surface area contributed by atoms with Crippen molar-refractivity contribution in [1.82, 2.24) is 25.2 Å². The molecule has 1 N–H and O–H groups in total. The second-order valence-electron chi connectivity index (χ2n) is 10.2. The molecule has 2 aliphatic carbocycles. The molecule has 9 nitrogen and oxygen atoms in total. The molecule has 4 heterocycles. The molecule has 2 aromatic rings. The molecule has 2 saturated carbocycles. The maximum absolute atomic E-state index is 13.8. The van der Waals surface area contributed by atoms with Gasteiger partial charge in [-0.2, -0.15) is 0 Å². The number of halogens is 1. The Morgan fingerprint density at radius 1 is 1.08 bits per heavy atom. The molecule has 4 aliphatic rings. The molecule has 11 heteroatoms. The highest BCUT2D eigenvalue weighted by Gasteiger charge is 2.53. The molecule has 2 aromatic heterocycles. The lowest BCUT2D eigenvalue weighted by Crippen LogP contribution is -2.55. The van der Waals surface area contributed by atoms with Gasteiger partial charge in [-0.05, 0) is 31.6 Å². The summed E-state index contributed by atoms with van der Waals surface area (Å²) in [6.45, 7) is 0.203. The number of alkyl halides is 1. The average molecular weight is 530 g/mol. The van der Waals surface area contributed by atoms with Gasteiger partial charge >= 0.3 is 0 Å². The zero-order valence-corrected chi connectivity index (χ0v) is 21.3. The first-order valence-electron chi connectivity index (χ1n) is 12.7. The fourth-order valence-corrected chi connectivity index (χ4v) is 6.74. The van der Waals surface area contributed by atoms with Gasteiger partial charge in [-0.3, -0.25) is 14.4 Å². The van der Waals surface area contributed by atoms with Gasteiger partial charge in [0.05, 0.1) is 10.3 Å². The van der Waals surface area contributed by atoms with E-state index < -0.39 is 29.5 Å². The van der Waals surface area contributed by atoms with Crippen LogP contribution in [0, 0.1) is 5.92 Å². The van der Waals surface area contributed by atoms with Crippen LogP contribution in [0.3, 0.4) is 0 Å². The summed E-state index contributed by atoms with van der Waals surface area (Å²) in [4.78, 5) is 55.1. The van der Waals surface area contributed by atoms with E-state index in [0.29, 0.717) is 5.92 Å². The second-order valence-corrected chi connectivity index (χ2v) is 11.8. The van der Waals surface area contributed by atoms with Crippen LogP contribution in [-0.4, -0.2) is 74.2 Å². The van der Waals surface area contributed by atoms with E-state index in [-0.39, 0.29) is 35.8 Å². The molecule has 0 unspecified atom stereocenters. The van der Waals surface area contributed by atoms with Crippen LogP contribution in [0.1, 0.15) is 66.5 Å². The van der Waals surface area contributed by atoms with E-state index in [4.69, 9.17) is 16.3 Å². The van der Waals surface area contributed by atoms with E-state index in [1.165, 1.54) is 16.2 Å². The minimum absolute atomic E-state index is 0.00301. The predicted octanol–water partition coefficient (Wildman–Crippen LogP) is 2.94. The fraction of sp³-hybridized carbons (Fsp3) is 0.600. The number of fused-ring (bicyclic) bond motifs is 1. The van der Waals surface area contributed by atoms with Crippen LogP contribution in [-0.2, 0) is 14.3 Å². The molecule has 2 aliphatic heterocycles. The Labute approximate surface area is 218 Å². The molecule has 190 valence electrons. The lowest BCUT2D eigenvalue weighted by Gasteiger charge is -2.34. The third kappa shape index (κ3) is 4.54. The normalized spacial score (nSPS) is 27.2. The van der Waals surface area contributed by atoms with Crippen molar-refractivity contribution >= 4 is 40.5 Å². The minimum Gasteiger partial charge on any atom is -0.366 e. The molecule has 36 heavy (non-hydrogen) atoms. The summed E-state index contributed by atoms with van der Waals surface area (Å²) in [7, 11) is 0. The molecule has 0 bridgehead atoms. The van der Waals surface area contributed by atoms with Gasteiger partial charge in [-0.1, -0.05) is 19.3 Å². The summed E-state index contributed by atoms with van der Waals surface area (Å²) >= 11 is 7.67. The standard InChI is InChI=1S/C25H28ClN5O4S/c26-16-11-31(20-17(32)12-35-21(16)20)25(34)19(13-4-2-1-3-5-13)30-23(33)24-29-10-18(36-24)15-8-27-22(28-9-15)14-6-7-14/h8-10,13-14,16,19-21H,1-7,11-12H2,(H,30,33)/t16-,19-,20+,21+/m0/s1. The van der Waals surface area contributed by atoms with Crippen molar-refractivity contribution in [2.45, 2.75) is 74.4 Å². The van der Waals surface area contributed by atoms with E-state index in [0.717, 1.165) is 61.2 Å². The smallest absolute Gasteiger partial charge is 0.280 e. The molecule has 0 spiro atoms. The van der Waals surface area contributed by atoms with Crippen LogP contribution in [0.5, 0.6) is 0 Å². The van der Waals surface area contributed by atoms with Crippen LogP contribution < -0.4 is 5.32 Å². The molecular weight excluding hydrogens is 502 g/mol. The number of carbonyl (C=O) groups excluding carboxylic acids is 3. The quantitative estimate of drug-likeness (QED) is 0.572. The second kappa shape index (κ2) is 9.79. The summed E-state index contributed by atoms with van der Waals surface area (Å²) in [6.07, 6.45) is 11.8. The van der Waals surface area contributed by atoms with Crippen LogP contribution in [0.25, 0.3) is 10.4 Å². The van der Waals surface area contributed by atoms with Crippen molar-refractivity contribution in [1.29, 1.82) is 0 Å². The number of amides is 2. The Hall–Kier alpha value is -2.43. The van der Waals surface area contributed by atoms with E-state index in [1.54, 1.807) is 18.6 Å². The Morgan fingerprint density at radius 2 is 1.83 bits per heavy atom. The Bertz CT molecular complexity index is 1160. The van der Waals surface area contributed by atoms with Gasteiger partial charge in [0.1, 0.15) is 30.6 Å². The largest absolute Gasteiger partial charge is 0.366 e. The molecule has 6 rings (SSSR count). The number of Topliss-reactive ketones (excluding diaryl/α,β-unsaturated/α-hetero) is 1. The van der Waals surface area contributed by atoms with E-state index in [1.807, 2.05) is 0 Å². The number of ketones is 1. The van der Waals surface area contributed by atoms with Crippen molar-refractivity contribution in [3.05, 3.63) is 29.4 Å². The third-order valence-corrected chi connectivity index (χ3v) is 9.11. The van der Waals surface area contributed by atoms with Gasteiger partial charge < -0.3 is 15.0 Å². The first-order valence-corrected chi connectivity index (χ1v) is 13.9. The highest BCUT2D eigenvalue weighted by Crippen LogP contribution is 2.38. The fourth-order valence-electron chi connectivity index (χ4n) is 5.58. The van der Waals surface area contributed by atoms with E-state index >= 15 is 0 Å². The van der Waals surface area contributed by atoms with E-state index in [9.17, 15) is 14.4 Å². The topological polar surface area (TPSA) is 114 Å². The van der Waals surface area contributed by atoms with Crippen molar-refractivity contribution in [2.24, 2.45) is 5.92 Å². The maximum Gasteiger partial charge on any atom is 0.280 e. The summed E-state index contributed by atoms with van der Waals surface area (Å²) in [5.74, 6) is 0.561. The Kier molecular flexibility index (Phi) is 6.51. The van der Waals surface area contributed by atoms with Crippen LogP contribution >= 0.6 is 22.9 Å². The van der Waals surface area contributed by atoms with Gasteiger partial charge in [-0.25, -0.2) is 15.0 Å². The zero-order chi connectivity index (χ0) is 24.8. The number of nitrogens with zero attached hydrogens (tertiary/aromatic N) is 4. The van der Waals surface area contributed by atoms with Crippen molar-refractivity contribution in [3.63, 3.8) is 0 Å². The maximum atomic E-state index is 13.8. The van der Waals surface area contributed by atoms with Gasteiger partial charge in [-0.15, -0.1) is 22.9 Å². The van der Waals surface area contributed by atoms with Crippen LogP contribution in [0.4, 0.5) is 0 Å². The number of hydrogen-bond acceptors (Lipinski definition) is 8. The molecule has 2 saturated heterocycles. The number of carbonyl (C=O) groups is 3. The summed E-state index contributed by atoms with van der Waals surface area (Å²) in [5, 5.41) is 2.81. The van der Waals surface area contributed by atoms with Crippen molar-refractivity contribution < 1.29 is 19.1 Å². The monoisotopic (exact) mass is 529 g/mol. The number of ether oxygens (including phenoxy) is 1. The number of thiazole rings is 1. The SMILES string of the molecule is O=C(N[C@H](C(=O)N1C[C@H](Cl)[C@H]2OCC(=O)[C@H]21)C1CCCCC1)c1ncc(-c2cnc(C3CC3)nc2)s1. The molecule has 4 atom stereocenters. The average Bonchev–Trinajstić information content (AvgIpc) is 3.35. The summed E-state index contributed by atoms with van der Waals surface area (Å²) in [6, 6.07) is -1.41. The third-order valence-electron chi connectivity index (χ3n) is 7.68. The highest BCUT2D eigenvalue weighted by atomic mass is 35.5. The summed E-state index contributed by atoms with van der Waals surface area (Å²) < 4.78 is 5.54. The van der Waals surface area contributed by atoms with Crippen molar-refractivity contribution in [3.8, 4) is 10.4 Å². The molecule has 0 aromatic carbocycles. The van der Waals surface area contributed by atoms with Gasteiger partial charge in [0.15, 0.2) is 10.8 Å². The lowest BCUT2D eigenvalue weighted by molar-refractivity contribution is -0.139. The van der Waals surface area contributed by atoms with Crippen molar-refractivity contribution in [2.75, 3.05) is 13.2 Å². The Balaban J connectivity index is 1.20. The number of likely N-dealkylation sites (tertiary alicyclic amines) is 1. The first kappa shape index (κ1) is 23.9. The predicted molar refractivity (Wildman–Crippen MR) is 133 cm³/mol.